The maximum Gasteiger partial charge on any atom is 0.416 e. The standard InChI is InChI=1S/C21H12F3N3O6/c22-21(23,24)12-1-6-17(18(8-12)27(31)32)25-13-2-4-16-19(9-13)33-10-11-7-14(26(29)30)3-5-15(11)20(16)28/h1-9,25H,10H2. The SMILES string of the molecule is O=C1c2ccc([N+](=O)[O-])cc2COc2cc(Nc3ccc(C(F)(F)F)cc3[N+](=O)[O-])ccc21. The molecule has 0 spiro atoms. The summed E-state index contributed by atoms with van der Waals surface area (Å²) in [5.74, 6) is -0.321. The van der Waals surface area contributed by atoms with Crippen LogP contribution in [0.3, 0.4) is 0 Å². The van der Waals surface area contributed by atoms with Crippen molar-refractivity contribution in [2.75, 3.05) is 5.32 Å². The third-order valence-electron chi connectivity index (χ3n) is 4.95. The van der Waals surface area contributed by atoms with Gasteiger partial charge >= 0.3 is 6.18 Å². The van der Waals surface area contributed by atoms with Crippen LogP contribution in [0.15, 0.2) is 54.6 Å². The Morgan fingerprint density at radius 1 is 0.909 bits per heavy atom. The molecule has 0 bridgehead atoms. The molecule has 1 heterocycles. The zero-order chi connectivity index (χ0) is 23.9. The van der Waals surface area contributed by atoms with E-state index in [4.69, 9.17) is 4.74 Å². The van der Waals surface area contributed by atoms with E-state index >= 15 is 0 Å². The van der Waals surface area contributed by atoms with Crippen LogP contribution in [0, 0.1) is 20.2 Å². The number of ketones is 1. The van der Waals surface area contributed by atoms with Gasteiger partial charge in [0.1, 0.15) is 18.0 Å². The van der Waals surface area contributed by atoms with E-state index in [9.17, 15) is 38.2 Å². The lowest BCUT2D eigenvalue weighted by Gasteiger charge is -2.12. The zero-order valence-corrected chi connectivity index (χ0v) is 16.4. The highest BCUT2D eigenvalue weighted by molar-refractivity contribution is 6.12. The Hall–Kier alpha value is -4.48. The number of fused-ring (bicyclic) bond motifs is 2. The van der Waals surface area contributed by atoms with Gasteiger partial charge in [0.2, 0.25) is 0 Å². The van der Waals surface area contributed by atoms with Gasteiger partial charge in [0.05, 0.1) is 21.0 Å². The fourth-order valence-corrected chi connectivity index (χ4v) is 3.36. The number of anilines is 2. The van der Waals surface area contributed by atoms with Crippen LogP contribution < -0.4 is 10.1 Å². The molecule has 0 aliphatic carbocycles. The smallest absolute Gasteiger partial charge is 0.416 e. The van der Waals surface area contributed by atoms with Crippen LogP contribution in [-0.2, 0) is 12.8 Å². The van der Waals surface area contributed by atoms with Gasteiger partial charge in [-0.1, -0.05) is 0 Å². The molecule has 168 valence electrons. The van der Waals surface area contributed by atoms with Gasteiger partial charge in [-0.15, -0.1) is 0 Å². The van der Waals surface area contributed by atoms with Gasteiger partial charge in [-0.2, -0.15) is 13.2 Å². The predicted octanol–water partition coefficient (Wildman–Crippen LogP) is 5.39. The summed E-state index contributed by atoms with van der Waals surface area (Å²) in [7, 11) is 0. The molecule has 0 saturated heterocycles. The maximum atomic E-state index is 12.9. The van der Waals surface area contributed by atoms with E-state index in [2.05, 4.69) is 5.32 Å². The molecule has 0 radical (unpaired) electrons. The summed E-state index contributed by atoms with van der Waals surface area (Å²) >= 11 is 0. The van der Waals surface area contributed by atoms with Crippen LogP contribution in [0.2, 0.25) is 0 Å². The molecule has 0 fully saturated rings. The summed E-state index contributed by atoms with van der Waals surface area (Å²) in [6.45, 7) is -0.139. The summed E-state index contributed by atoms with van der Waals surface area (Å²) in [6, 6.07) is 10.0. The average molecular weight is 459 g/mol. The molecule has 1 aliphatic heterocycles. The van der Waals surface area contributed by atoms with Crippen molar-refractivity contribution in [2.24, 2.45) is 0 Å². The number of alkyl halides is 3. The van der Waals surface area contributed by atoms with E-state index in [0.717, 1.165) is 6.07 Å². The van der Waals surface area contributed by atoms with E-state index in [1.54, 1.807) is 0 Å². The second-order valence-corrected chi connectivity index (χ2v) is 7.04. The second kappa shape index (κ2) is 7.89. The number of halogens is 3. The van der Waals surface area contributed by atoms with Crippen molar-refractivity contribution in [1.82, 2.24) is 0 Å². The van der Waals surface area contributed by atoms with E-state index in [1.165, 1.54) is 36.4 Å². The summed E-state index contributed by atoms with van der Waals surface area (Å²) in [5.41, 5.74) is -1.40. The van der Waals surface area contributed by atoms with Gasteiger partial charge in [-0.05, 0) is 30.3 Å². The Balaban J connectivity index is 1.67. The summed E-state index contributed by atoms with van der Waals surface area (Å²) in [4.78, 5) is 33.6. The second-order valence-electron chi connectivity index (χ2n) is 7.04. The number of hydrogen-bond donors (Lipinski definition) is 1. The minimum atomic E-state index is -4.74. The third-order valence-corrected chi connectivity index (χ3v) is 4.95. The van der Waals surface area contributed by atoms with E-state index in [1.807, 2.05) is 0 Å². The van der Waals surface area contributed by atoms with E-state index in [-0.39, 0.29) is 40.5 Å². The maximum absolute atomic E-state index is 12.9. The first-order valence-corrected chi connectivity index (χ1v) is 9.26. The number of nitro groups is 2. The number of rotatable bonds is 4. The van der Waals surface area contributed by atoms with Crippen LogP contribution in [0.5, 0.6) is 5.75 Å². The lowest BCUT2D eigenvalue weighted by Crippen LogP contribution is -2.07. The number of non-ortho nitro benzene ring substituents is 1. The number of carbonyl (C=O) groups is 1. The molecule has 3 aromatic rings. The zero-order valence-electron chi connectivity index (χ0n) is 16.4. The molecule has 0 atom stereocenters. The highest BCUT2D eigenvalue weighted by Crippen LogP contribution is 2.37. The van der Waals surface area contributed by atoms with Crippen molar-refractivity contribution in [1.29, 1.82) is 0 Å². The molecule has 3 aromatic carbocycles. The van der Waals surface area contributed by atoms with Crippen LogP contribution in [0.4, 0.5) is 35.9 Å². The number of nitrogens with zero attached hydrogens (tertiary/aromatic N) is 2. The molecule has 0 aromatic heterocycles. The fraction of sp³-hybridized carbons (Fsp3) is 0.0952. The molecule has 12 heteroatoms. The number of carbonyl (C=O) groups excluding carboxylic acids is 1. The summed E-state index contributed by atoms with van der Waals surface area (Å²) < 4.78 is 44.4. The molecular weight excluding hydrogens is 447 g/mol. The highest BCUT2D eigenvalue weighted by atomic mass is 19.4. The lowest BCUT2D eigenvalue weighted by molar-refractivity contribution is -0.385. The Morgan fingerprint density at radius 2 is 1.64 bits per heavy atom. The predicted molar refractivity (Wildman–Crippen MR) is 109 cm³/mol. The van der Waals surface area contributed by atoms with Crippen LogP contribution in [0.1, 0.15) is 27.0 Å². The molecule has 9 nitrogen and oxygen atoms in total. The van der Waals surface area contributed by atoms with Gasteiger partial charge < -0.3 is 10.1 Å². The minimum absolute atomic E-state index is 0.110. The Morgan fingerprint density at radius 3 is 2.30 bits per heavy atom. The number of nitrogens with one attached hydrogen (secondary N) is 1. The quantitative estimate of drug-likeness (QED) is 0.410. The lowest BCUT2D eigenvalue weighted by atomic mass is 9.98. The van der Waals surface area contributed by atoms with Crippen LogP contribution in [0.25, 0.3) is 0 Å². The van der Waals surface area contributed by atoms with Gasteiger partial charge in [0, 0.05) is 41.1 Å². The van der Waals surface area contributed by atoms with E-state index < -0.39 is 33.1 Å². The number of ether oxygens (including phenoxy) is 1. The van der Waals surface area contributed by atoms with Crippen LogP contribution in [-0.4, -0.2) is 15.6 Å². The Labute approximate surface area is 182 Å². The fourth-order valence-electron chi connectivity index (χ4n) is 3.36. The van der Waals surface area contributed by atoms with Gasteiger partial charge in [0.25, 0.3) is 11.4 Å². The van der Waals surface area contributed by atoms with Crippen molar-refractivity contribution in [3.8, 4) is 5.75 Å². The molecule has 33 heavy (non-hydrogen) atoms. The minimum Gasteiger partial charge on any atom is -0.488 e. The number of benzene rings is 3. The summed E-state index contributed by atoms with van der Waals surface area (Å²) in [5, 5.41) is 25.0. The molecule has 0 saturated carbocycles. The molecule has 0 unspecified atom stereocenters. The van der Waals surface area contributed by atoms with E-state index in [0.29, 0.717) is 17.7 Å². The van der Waals surface area contributed by atoms with Crippen LogP contribution >= 0.6 is 0 Å². The van der Waals surface area contributed by atoms with Crippen molar-refractivity contribution >= 4 is 28.5 Å². The number of hydrogen-bond acceptors (Lipinski definition) is 7. The topological polar surface area (TPSA) is 125 Å². The largest absolute Gasteiger partial charge is 0.488 e. The molecule has 1 N–H and O–H groups in total. The van der Waals surface area contributed by atoms with Gasteiger partial charge in [-0.25, -0.2) is 0 Å². The average Bonchev–Trinajstić information content (AvgIpc) is 2.89. The monoisotopic (exact) mass is 459 g/mol. The third kappa shape index (κ3) is 4.18. The molecule has 4 rings (SSSR count). The Kier molecular flexibility index (Phi) is 5.20. The normalized spacial score (nSPS) is 12.8. The first-order chi connectivity index (χ1) is 15.5. The first kappa shape index (κ1) is 21.7. The van der Waals surface area contributed by atoms with Gasteiger partial charge in [-0.3, -0.25) is 25.0 Å². The molecule has 1 aliphatic rings. The van der Waals surface area contributed by atoms with Crippen molar-refractivity contribution in [2.45, 2.75) is 12.8 Å². The molecule has 0 amide bonds. The Bertz CT molecular complexity index is 1320. The first-order valence-electron chi connectivity index (χ1n) is 9.26. The van der Waals surface area contributed by atoms with Crippen molar-refractivity contribution in [3.63, 3.8) is 0 Å². The summed E-state index contributed by atoms with van der Waals surface area (Å²) in [6.07, 6.45) is -4.74. The highest BCUT2D eigenvalue weighted by Gasteiger charge is 2.33. The number of nitro benzene ring substituents is 2. The van der Waals surface area contributed by atoms with Crippen molar-refractivity contribution in [3.05, 3.63) is 97.1 Å². The molecular formula is C21H12F3N3O6. The van der Waals surface area contributed by atoms with Crippen molar-refractivity contribution < 1.29 is 32.5 Å². The van der Waals surface area contributed by atoms with Gasteiger partial charge in [0.15, 0.2) is 5.78 Å².